The number of aliphatic hydroxyl groups excluding tert-OH is 1. The lowest BCUT2D eigenvalue weighted by atomic mass is 9.95. The topological polar surface area (TPSA) is 23.5 Å². The van der Waals surface area contributed by atoms with Crippen LogP contribution < -0.4 is 0 Å². The number of likely N-dealkylation sites (tertiary alicyclic amines) is 1. The molecule has 0 amide bonds. The summed E-state index contributed by atoms with van der Waals surface area (Å²) in [5.74, 6) is -0.740. The third kappa shape index (κ3) is 3.60. The van der Waals surface area contributed by atoms with E-state index in [1.54, 1.807) is 0 Å². The van der Waals surface area contributed by atoms with Crippen LogP contribution in [0.1, 0.15) is 38.5 Å². The number of aliphatic hydroxyl groups is 1. The Hall–Kier alpha value is -0.290. The maximum atomic E-state index is 12.5. The number of nitrogens with zero attached hydrogens (tertiary/aromatic N) is 1. The van der Waals surface area contributed by atoms with Crippen LogP contribution in [0, 0.1) is 11.8 Å². The molecule has 1 heterocycles. The number of halogens is 3. The summed E-state index contributed by atoms with van der Waals surface area (Å²) in [4.78, 5) is 2.12. The minimum absolute atomic E-state index is 0.183. The van der Waals surface area contributed by atoms with Gasteiger partial charge in [-0.15, -0.1) is 0 Å². The van der Waals surface area contributed by atoms with Crippen LogP contribution in [0.4, 0.5) is 13.2 Å². The van der Waals surface area contributed by atoms with Gasteiger partial charge >= 0.3 is 6.18 Å². The van der Waals surface area contributed by atoms with E-state index < -0.39 is 12.1 Å². The highest BCUT2D eigenvalue weighted by Crippen LogP contribution is 2.34. The van der Waals surface area contributed by atoms with E-state index in [9.17, 15) is 18.3 Å². The van der Waals surface area contributed by atoms with E-state index in [2.05, 4.69) is 4.90 Å². The van der Waals surface area contributed by atoms with Crippen LogP contribution >= 0.6 is 0 Å². The van der Waals surface area contributed by atoms with Crippen molar-refractivity contribution in [3.63, 3.8) is 0 Å². The Morgan fingerprint density at radius 2 is 1.72 bits per heavy atom. The molecule has 1 aliphatic carbocycles. The smallest absolute Gasteiger partial charge is 0.391 e. The number of rotatable bonds is 3. The number of hydrogen-bond acceptors (Lipinski definition) is 2. The van der Waals surface area contributed by atoms with Crippen molar-refractivity contribution >= 4 is 0 Å². The second kappa shape index (κ2) is 5.78. The van der Waals surface area contributed by atoms with E-state index in [0.717, 1.165) is 32.2 Å². The van der Waals surface area contributed by atoms with E-state index >= 15 is 0 Å². The molecule has 2 unspecified atom stereocenters. The lowest BCUT2D eigenvalue weighted by Crippen LogP contribution is -2.40. The fourth-order valence-corrected chi connectivity index (χ4v) is 3.19. The second-order valence-electron chi connectivity index (χ2n) is 5.70. The Balaban J connectivity index is 1.67. The zero-order chi connectivity index (χ0) is 13.2. The number of piperidine rings is 1. The first kappa shape index (κ1) is 14.1. The fourth-order valence-electron chi connectivity index (χ4n) is 3.19. The molecule has 0 radical (unpaired) electrons. The summed E-state index contributed by atoms with van der Waals surface area (Å²) in [5.41, 5.74) is 0. The minimum atomic E-state index is -4.02. The maximum absolute atomic E-state index is 12.5. The summed E-state index contributed by atoms with van der Waals surface area (Å²) in [7, 11) is 0. The molecule has 2 aliphatic rings. The quantitative estimate of drug-likeness (QED) is 0.848. The van der Waals surface area contributed by atoms with Gasteiger partial charge in [-0.2, -0.15) is 13.2 Å². The Labute approximate surface area is 106 Å². The standard InChI is InChI=1S/C13H22F3NO/c14-13(15,16)11-5-8-17(9-6-11)7-4-10-2-1-3-12(10)18/h10-12,18H,1-9H2. The Morgan fingerprint density at radius 1 is 1.06 bits per heavy atom. The largest absolute Gasteiger partial charge is 0.393 e. The van der Waals surface area contributed by atoms with Gasteiger partial charge in [-0.1, -0.05) is 6.42 Å². The van der Waals surface area contributed by atoms with E-state index in [4.69, 9.17) is 0 Å². The van der Waals surface area contributed by atoms with Crippen molar-refractivity contribution in [3.05, 3.63) is 0 Å². The molecule has 0 aromatic rings. The molecule has 0 bridgehead atoms. The molecule has 2 fully saturated rings. The lowest BCUT2D eigenvalue weighted by molar-refractivity contribution is -0.185. The molecule has 1 saturated carbocycles. The molecule has 5 heteroatoms. The van der Waals surface area contributed by atoms with Gasteiger partial charge in [0.05, 0.1) is 12.0 Å². The molecule has 106 valence electrons. The highest BCUT2D eigenvalue weighted by molar-refractivity contribution is 4.80. The van der Waals surface area contributed by atoms with Crippen LogP contribution in [0.2, 0.25) is 0 Å². The Morgan fingerprint density at radius 3 is 2.22 bits per heavy atom. The highest BCUT2D eigenvalue weighted by atomic mass is 19.4. The van der Waals surface area contributed by atoms with E-state index in [0.29, 0.717) is 19.0 Å². The monoisotopic (exact) mass is 265 g/mol. The molecular weight excluding hydrogens is 243 g/mol. The van der Waals surface area contributed by atoms with Crippen molar-refractivity contribution in [1.29, 1.82) is 0 Å². The number of alkyl halides is 3. The van der Waals surface area contributed by atoms with Crippen LogP contribution in [0.3, 0.4) is 0 Å². The maximum Gasteiger partial charge on any atom is 0.391 e. The molecule has 2 nitrogen and oxygen atoms in total. The lowest BCUT2D eigenvalue weighted by Gasteiger charge is -2.33. The van der Waals surface area contributed by atoms with Gasteiger partial charge in [0.25, 0.3) is 0 Å². The SMILES string of the molecule is OC1CCCC1CCN1CCC(C(F)(F)F)CC1. The van der Waals surface area contributed by atoms with Gasteiger partial charge in [-0.3, -0.25) is 0 Å². The predicted molar refractivity (Wildman–Crippen MR) is 63.2 cm³/mol. The summed E-state index contributed by atoms with van der Waals surface area (Å²) in [6.45, 7) is 1.94. The molecule has 0 spiro atoms. The molecular formula is C13H22F3NO. The first-order chi connectivity index (χ1) is 8.47. The van der Waals surface area contributed by atoms with Crippen molar-refractivity contribution in [2.75, 3.05) is 19.6 Å². The normalized spacial score (nSPS) is 32.0. The van der Waals surface area contributed by atoms with Gasteiger partial charge < -0.3 is 10.0 Å². The average Bonchev–Trinajstić information content (AvgIpc) is 2.72. The van der Waals surface area contributed by atoms with Crippen LogP contribution in [-0.2, 0) is 0 Å². The average molecular weight is 265 g/mol. The molecule has 0 aromatic heterocycles. The number of hydrogen-bond donors (Lipinski definition) is 1. The summed E-state index contributed by atoms with van der Waals surface area (Å²) >= 11 is 0. The summed E-state index contributed by atoms with van der Waals surface area (Å²) < 4.78 is 37.5. The Bertz CT molecular complexity index is 261. The summed E-state index contributed by atoms with van der Waals surface area (Å²) in [6, 6.07) is 0. The predicted octanol–water partition coefficient (Wildman–Crippen LogP) is 2.81. The van der Waals surface area contributed by atoms with E-state index in [-0.39, 0.29) is 18.9 Å². The van der Waals surface area contributed by atoms with Crippen molar-refractivity contribution in [1.82, 2.24) is 4.90 Å². The summed E-state index contributed by atoms with van der Waals surface area (Å²) in [6.07, 6.45) is 0.236. The molecule has 1 aliphatic heterocycles. The first-order valence-corrected chi connectivity index (χ1v) is 6.94. The summed E-state index contributed by atoms with van der Waals surface area (Å²) in [5, 5.41) is 9.70. The first-order valence-electron chi connectivity index (χ1n) is 6.94. The molecule has 1 saturated heterocycles. The molecule has 0 aromatic carbocycles. The van der Waals surface area contributed by atoms with E-state index in [1.807, 2.05) is 0 Å². The van der Waals surface area contributed by atoms with Crippen LogP contribution in [-0.4, -0.2) is 41.9 Å². The molecule has 2 atom stereocenters. The third-order valence-electron chi connectivity index (χ3n) is 4.49. The van der Waals surface area contributed by atoms with Crippen molar-refractivity contribution < 1.29 is 18.3 Å². The van der Waals surface area contributed by atoms with Gasteiger partial charge in [0.2, 0.25) is 0 Å². The van der Waals surface area contributed by atoms with Crippen molar-refractivity contribution in [2.24, 2.45) is 11.8 Å². The van der Waals surface area contributed by atoms with Crippen LogP contribution in [0.15, 0.2) is 0 Å². The van der Waals surface area contributed by atoms with Crippen molar-refractivity contribution in [3.8, 4) is 0 Å². The van der Waals surface area contributed by atoms with Gasteiger partial charge in [0.15, 0.2) is 0 Å². The van der Waals surface area contributed by atoms with Crippen molar-refractivity contribution in [2.45, 2.75) is 50.8 Å². The molecule has 2 rings (SSSR count). The molecule has 18 heavy (non-hydrogen) atoms. The second-order valence-corrected chi connectivity index (χ2v) is 5.70. The van der Waals surface area contributed by atoms with Gasteiger partial charge in [0.1, 0.15) is 0 Å². The molecule has 1 N–H and O–H groups in total. The minimum Gasteiger partial charge on any atom is -0.393 e. The Kier molecular flexibility index (Phi) is 4.54. The van der Waals surface area contributed by atoms with Crippen LogP contribution in [0.5, 0.6) is 0 Å². The highest BCUT2D eigenvalue weighted by Gasteiger charge is 2.41. The zero-order valence-corrected chi connectivity index (χ0v) is 10.6. The van der Waals surface area contributed by atoms with Crippen LogP contribution in [0.25, 0.3) is 0 Å². The van der Waals surface area contributed by atoms with E-state index in [1.165, 1.54) is 0 Å². The zero-order valence-electron chi connectivity index (χ0n) is 10.6. The third-order valence-corrected chi connectivity index (χ3v) is 4.49. The van der Waals surface area contributed by atoms with Gasteiger partial charge in [0, 0.05) is 0 Å². The van der Waals surface area contributed by atoms with Gasteiger partial charge in [-0.25, -0.2) is 0 Å². The fraction of sp³-hybridized carbons (Fsp3) is 1.00. The van der Waals surface area contributed by atoms with Gasteiger partial charge in [-0.05, 0) is 57.7 Å².